The maximum atomic E-state index is 14.0. The maximum absolute atomic E-state index is 14.0. The van der Waals surface area contributed by atoms with Crippen LogP contribution in [0.3, 0.4) is 0 Å². The zero-order valence-corrected chi connectivity index (χ0v) is 18.7. The summed E-state index contributed by atoms with van der Waals surface area (Å²) < 4.78 is 101. The molecule has 4 rings (SSSR count). The third-order valence-electron chi connectivity index (χ3n) is 5.27. The molecule has 2 aromatic rings. The summed E-state index contributed by atoms with van der Waals surface area (Å²) in [5, 5.41) is 6.39. The largest absolute Gasteiger partial charge is 0.489 e. The van der Waals surface area contributed by atoms with Crippen molar-refractivity contribution in [2.45, 2.75) is 31.6 Å². The lowest BCUT2D eigenvalue weighted by atomic mass is 10.1. The van der Waals surface area contributed by atoms with Crippen molar-refractivity contribution in [3.8, 4) is 0 Å². The number of halogens is 5. The fourth-order valence-corrected chi connectivity index (χ4v) is 5.31. The van der Waals surface area contributed by atoms with Crippen LogP contribution in [0.1, 0.15) is 23.8 Å². The molecule has 2 aliphatic heterocycles. The summed E-state index contributed by atoms with van der Waals surface area (Å²) in [7, 11) is -3.14. The average molecular weight is 518 g/mol. The SMILES string of the molecule is Cc1c(C(NC(=O)NC2=C=[N+]=C(N[C@@H]3CCS(=O)(=O)C3)N=C2)C(F)(F)F)oc2c(F)cc(F)cc12. The molecule has 15 heteroatoms. The molecule has 35 heavy (non-hydrogen) atoms. The van der Waals surface area contributed by atoms with E-state index in [-0.39, 0.29) is 34.1 Å². The topological polar surface area (TPSA) is 127 Å². The van der Waals surface area contributed by atoms with Crippen molar-refractivity contribution in [1.82, 2.24) is 20.6 Å². The Morgan fingerprint density at radius 2 is 2.06 bits per heavy atom. The predicted octanol–water partition coefficient (Wildman–Crippen LogP) is 1.76. The first-order valence-corrected chi connectivity index (χ1v) is 11.9. The molecule has 0 saturated carbocycles. The fourth-order valence-electron chi connectivity index (χ4n) is 3.64. The average Bonchev–Trinajstić information content (AvgIpc) is 3.26. The number of aryl methyl sites for hydroxylation is 1. The molecule has 3 N–H and O–H groups in total. The van der Waals surface area contributed by atoms with Crippen LogP contribution in [0.2, 0.25) is 0 Å². The highest BCUT2D eigenvalue weighted by Gasteiger charge is 2.45. The predicted molar refractivity (Wildman–Crippen MR) is 116 cm³/mol. The zero-order chi connectivity index (χ0) is 25.5. The van der Waals surface area contributed by atoms with Crippen molar-refractivity contribution in [2.24, 2.45) is 4.99 Å². The lowest BCUT2D eigenvalue weighted by Gasteiger charge is -2.20. The second kappa shape index (κ2) is 8.84. The Bertz CT molecular complexity index is 1450. The maximum Gasteiger partial charge on any atom is 0.489 e. The molecule has 1 aromatic heterocycles. The van der Waals surface area contributed by atoms with Crippen LogP contribution < -0.4 is 20.6 Å². The molecule has 3 heterocycles. The van der Waals surface area contributed by atoms with Gasteiger partial charge in [0.2, 0.25) is 0 Å². The molecule has 2 amide bonds. The van der Waals surface area contributed by atoms with Gasteiger partial charge >= 0.3 is 18.2 Å². The molecule has 1 saturated heterocycles. The minimum Gasteiger partial charge on any atom is -0.455 e. The second-order valence-corrected chi connectivity index (χ2v) is 10.1. The Labute approximate surface area is 194 Å². The van der Waals surface area contributed by atoms with Crippen molar-refractivity contribution < 1.29 is 39.6 Å². The number of amides is 2. The number of hydrogen-bond donors (Lipinski definition) is 3. The molecule has 2 aliphatic rings. The van der Waals surface area contributed by atoms with Crippen LogP contribution in [-0.4, -0.2) is 56.2 Å². The van der Waals surface area contributed by atoms with Gasteiger partial charge in [0, 0.05) is 17.0 Å². The van der Waals surface area contributed by atoms with Gasteiger partial charge in [-0.1, -0.05) is 4.99 Å². The van der Waals surface area contributed by atoms with E-state index in [1.165, 1.54) is 6.92 Å². The summed E-state index contributed by atoms with van der Waals surface area (Å²) in [5.41, 5.74) is -0.946. The number of nitrogens with zero attached hydrogens (tertiary/aromatic N) is 2. The molecule has 2 atom stereocenters. The van der Waals surface area contributed by atoms with E-state index in [2.05, 4.69) is 26.2 Å². The number of guanidine groups is 1. The highest BCUT2D eigenvalue weighted by Crippen LogP contribution is 2.39. The fraction of sp³-hybridized carbons (Fsp3) is 0.350. The number of carbonyl (C=O) groups is 1. The van der Waals surface area contributed by atoms with Crippen molar-refractivity contribution in [1.29, 1.82) is 0 Å². The zero-order valence-electron chi connectivity index (χ0n) is 17.8. The molecule has 1 unspecified atom stereocenters. The summed E-state index contributed by atoms with van der Waals surface area (Å²) in [4.78, 5) is 16.2. The van der Waals surface area contributed by atoms with E-state index in [1.807, 2.05) is 0 Å². The summed E-state index contributed by atoms with van der Waals surface area (Å²) in [6.07, 6.45) is -3.61. The summed E-state index contributed by atoms with van der Waals surface area (Å²) >= 11 is 0. The van der Waals surface area contributed by atoms with Gasteiger partial charge in [0.1, 0.15) is 17.8 Å². The third-order valence-corrected chi connectivity index (χ3v) is 7.04. The lowest BCUT2D eigenvalue weighted by Crippen LogP contribution is -2.44. The number of fused-ring (bicyclic) bond motifs is 1. The van der Waals surface area contributed by atoms with E-state index in [1.54, 1.807) is 5.32 Å². The van der Waals surface area contributed by atoms with Gasteiger partial charge < -0.3 is 9.73 Å². The Hall–Kier alpha value is -3.67. The normalized spacial score (nSPS) is 19.9. The number of sulfone groups is 1. The summed E-state index contributed by atoms with van der Waals surface area (Å²) in [6.45, 7) is 1.18. The molecular formula is C20H17F5N5O4S+. The van der Waals surface area contributed by atoms with E-state index in [9.17, 15) is 35.2 Å². The van der Waals surface area contributed by atoms with E-state index in [0.29, 0.717) is 12.5 Å². The minimum absolute atomic E-state index is 0.0263. The van der Waals surface area contributed by atoms with E-state index < -0.39 is 57.1 Å². The van der Waals surface area contributed by atoms with Crippen molar-refractivity contribution in [3.63, 3.8) is 0 Å². The van der Waals surface area contributed by atoms with Crippen LogP contribution in [0.5, 0.6) is 0 Å². The molecule has 0 bridgehead atoms. The second-order valence-electron chi connectivity index (χ2n) is 7.89. The molecule has 186 valence electrons. The minimum atomic E-state index is -5.04. The standard InChI is InChI=1S/C20H16F5N5O4S/c1-9-13-4-10(21)5-14(22)16(13)34-15(9)17(20(23,24)25)30-19(31)29-12-6-26-18(27-7-12)28-11-2-3-35(32,33)8-11/h4-6,11,17H,2-3,8H2,1H3,(H2,29,30,31)/p+1/t11-,17?/m1/s1. The molecule has 9 nitrogen and oxygen atoms in total. The van der Waals surface area contributed by atoms with Gasteiger partial charge in [-0.2, -0.15) is 17.8 Å². The van der Waals surface area contributed by atoms with Crippen molar-refractivity contribution in [3.05, 3.63) is 40.8 Å². The van der Waals surface area contributed by atoms with Gasteiger partial charge in [-0.25, -0.2) is 22.0 Å². The number of allylic oxidation sites excluding steroid dienone is 1. The van der Waals surface area contributed by atoms with Gasteiger partial charge in [-0.15, -0.1) is 0 Å². The number of carbonyl (C=O) groups excluding carboxylic acids is 1. The molecule has 0 radical (unpaired) electrons. The molecule has 0 aliphatic carbocycles. The van der Waals surface area contributed by atoms with Crippen LogP contribution in [0.4, 0.5) is 26.7 Å². The number of nitrogens with one attached hydrogen (secondary N) is 3. The monoisotopic (exact) mass is 518 g/mol. The van der Waals surface area contributed by atoms with E-state index in [0.717, 1.165) is 12.3 Å². The lowest BCUT2D eigenvalue weighted by molar-refractivity contribution is -0.158. The van der Waals surface area contributed by atoms with Gasteiger partial charge in [0.05, 0.1) is 17.5 Å². The highest BCUT2D eigenvalue weighted by molar-refractivity contribution is 7.91. The van der Waals surface area contributed by atoms with Crippen LogP contribution in [-0.2, 0) is 9.84 Å². The van der Waals surface area contributed by atoms with Gasteiger partial charge in [0.15, 0.2) is 38.8 Å². The molecule has 0 spiro atoms. The summed E-state index contributed by atoms with van der Waals surface area (Å²) in [6, 6.07) is -3.09. The number of aliphatic imine (C=N–C) groups is 1. The van der Waals surface area contributed by atoms with Gasteiger partial charge in [-0.3, -0.25) is 10.6 Å². The smallest absolute Gasteiger partial charge is 0.455 e. The highest BCUT2D eigenvalue weighted by atomic mass is 32.2. The van der Waals surface area contributed by atoms with E-state index in [4.69, 9.17) is 4.42 Å². The van der Waals surface area contributed by atoms with Gasteiger partial charge in [-0.05, 0) is 19.4 Å². The van der Waals surface area contributed by atoms with Crippen LogP contribution in [0.15, 0.2) is 27.2 Å². The quantitative estimate of drug-likeness (QED) is 0.420. The first-order valence-electron chi connectivity index (χ1n) is 10.1. The van der Waals surface area contributed by atoms with Gasteiger partial charge in [0.25, 0.3) is 0 Å². The number of alkyl halides is 3. The number of benzene rings is 1. The van der Waals surface area contributed by atoms with Crippen molar-refractivity contribution in [2.75, 3.05) is 11.5 Å². The molecular weight excluding hydrogens is 501 g/mol. The number of rotatable bonds is 4. The third kappa shape index (κ3) is 5.37. The van der Waals surface area contributed by atoms with E-state index >= 15 is 0 Å². The Balaban J connectivity index is 1.52. The number of furan rings is 1. The number of urea groups is 1. The summed E-state index contributed by atoms with van der Waals surface area (Å²) in [5.74, 6) is -0.654. The Morgan fingerprint density at radius 3 is 2.66 bits per heavy atom. The van der Waals surface area contributed by atoms with Crippen LogP contribution in [0.25, 0.3) is 11.0 Å². The number of hydrogen-bond acceptors (Lipinski definition) is 6. The first kappa shape index (κ1) is 24.5. The van der Waals surface area contributed by atoms with Crippen LogP contribution >= 0.6 is 0 Å². The molecule has 1 fully saturated rings. The van der Waals surface area contributed by atoms with Crippen LogP contribution in [0, 0.1) is 18.6 Å². The Kier molecular flexibility index (Phi) is 6.18. The molecule has 1 aromatic carbocycles. The van der Waals surface area contributed by atoms with Crippen molar-refractivity contribution >= 4 is 44.9 Å². The first-order chi connectivity index (χ1) is 16.3. The Morgan fingerprint density at radius 1 is 1.31 bits per heavy atom.